The fraction of sp³-hybridized carbons (Fsp3) is 0.708. The highest BCUT2D eigenvalue weighted by atomic mass is 16.6. The van der Waals surface area contributed by atoms with Gasteiger partial charge in [-0.2, -0.15) is 0 Å². The Bertz CT molecular complexity index is 4310. The van der Waals surface area contributed by atoms with E-state index in [1.165, 1.54) is 59.8 Å². The summed E-state index contributed by atoms with van der Waals surface area (Å²) in [6.07, 6.45) is -23.9. The summed E-state index contributed by atoms with van der Waals surface area (Å²) in [5.41, 5.74) is 16.8. The lowest BCUT2D eigenvalue weighted by atomic mass is 9.79. The van der Waals surface area contributed by atoms with E-state index in [0.29, 0.717) is 0 Å². The number of benzene rings is 3. The van der Waals surface area contributed by atoms with Gasteiger partial charge in [-0.3, -0.25) is 29.1 Å². The normalized spacial score (nSPS) is 39.6. The van der Waals surface area contributed by atoms with E-state index in [0.717, 1.165) is 47.6 Å². The van der Waals surface area contributed by atoms with Gasteiger partial charge in [-0.15, -0.1) is 0 Å². The van der Waals surface area contributed by atoms with Gasteiger partial charge in [-0.25, -0.2) is 0 Å². The minimum atomic E-state index is -3.19. The van der Waals surface area contributed by atoms with E-state index in [1.807, 2.05) is 0 Å². The summed E-state index contributed by atoms with van der Waals surface area (Å²) >= 11 is 0. The van der Waals surface area contributed by atoms with Crippen LogP contribution in [0.4, 0.5) is 0 Å². The van der Waals surface area contributed by atoms with Crippen LogP contribution in [0.2, 0.25) is 0 Å². The highest BCUT2D eigenvalue weighted by Gasteiger charge is 2.45. The molecular weight excluding hydrogens is 1140 g/mol. The average molecular weight is 1290 g/mol. The SMILES string of the molecule is [2H]C([2H])([2H])Oc1cc2c(cc1OC)C1([2H])CC(OC(=O)[C@@H](N)C(C)C)C(C([2H])([2H])C([2H])(C)C([2H])([2H])[2H])CN1C([2H])([2H])C2([2H])[2H].[2H]C12CC(OC(=O)[C@@H](N)C(C)C)C(C([2H])([2H])C([2H])(C)C([2H])([2H])[2H])CN1C([2H])([2H])C([2H])([2H])c1cc(OC)c(OC)cc12.[2H]C12CC(OC(=O)[C@@H](N)C(C)C)C(C([2H])([2H])C([2H])(C)C([2H])([2H])[2H])CN1C([2H])([2H])C([2H])([2H])c1cc(OC)c(OC)cc12. The van der Waals surface area contributed by atoms with Gasteiger partial charge in [0.15, 0.2) is 34.5 Å². The number of nitrogens with two attached hydrogens (primary N) is 3. The summed E-state index contributed by atoms with van der Waals surface area (Å²) in [5, 5.41) is 0. The molecule has 0 bridgehead atoms. The summed E-state index contributed by atoms with van der Waals surface area (Å²) in [6, 6.07) is -2.80. The van der Waals surface area contributed by atoms with Crippen LogP contribution in [-0.2, 0) is 47.7 Å². The number of hydrogen-bond donors (Lipinski definition) is 3. The topological polar surface area (TPSA) is 222 Å². The molecule has 3 saturated heterocycles. The molecule has 3 aromatic rings. The number of aryl methyl sites for hydroxylation is 3. The van der Waals surface area contributed by atoms with Crippen molar-refractivity contribution >= 4 is 17.9 Å². The molecule has 12 unspecified atom stereocenters. The van der Waals surface area contributed by atoms with E-state index in [9.17, 15) is 18.5 Å². The maximum atomic E-state index is 13.1. The quantitative estimate of drug-likeness (QED) is 0.0666. The number of carbonyl (C=O) groups is 3. The Kier molecular flexibility index (Phi) is 13.3. The highest BCUT2D eigenvalue weighted by Crippen LogP contribution is 2.48. The molecule has 3 fully saturated rings. The van der Waals surface area contributed by atoms with Crippen LogP contribution < -0.4 is 45.6 Å². The van der Waals surface area contributed by atoms with Gasteiger partial charge < -0.3 is 59.8 Å². The zero-order valence-electron chi connectivity index (χ0n) is 89.6. The minimum absolute atomic E-state index is 0.0204. The Morgan fingerprint density at radius 3 is 0.967 bits per heavy atom. The second-order valence-electron chi connectivity index (χ2n) is 23.5. The summed E-state index contributed by atoms with van der Waals surface area (Å²) in [6.45, 7) is -8.23. The van der Waals surface area contributed by atoms with Gasteiger partial charge in [-0.05, 0) is 143 Å². The first-order valence-electron chi connectivity index (χ1n) is 47.6. The monoisotopic (exact) mass is 1290 g/mol. The van der Waals surface area contributed by atoms with Crippen molar-refractivity contribution in [2.24, 2.45) is 70.4 Å². The largest absolute Gasteiger partial charge is 0.493 e. The molecule has 6 aliphatic rings. The molecule has 0 radical (unpaired) electrons. The number of nitrogens with zero attached hydrogens (tertiary/aromatic N) is 3. The fourth-order valence-electron chi connectivity index (χ4n) is 10.8. The summed E-state index contributed by atoms with van der Waals surface area (Å²) in [5.74, 6) is -17.6. The summed E-state index contributed by atoms with van der Waals surface area (Å²) < 4.78 is 355. The molecular formula is C72H114N6O12. The van der Waals surface area contributed by atoms with Gasteiger partial charge in [0, 0.05) is 135 Å². The first kappa shape index (κ1) is 36.9. The van der Waals surface area contributed by atoms with Crippen molar-refractivity contribution in [1.29, 1.82) is 0 Å². The number of hydrogen-bond acceptors (Lipinski definition) is 18. The van der Waals surface area contributed by atoms with E-state index < -0.39 is 249 Å². The highest BCUT2D eigenvalue weighted by molar-refractivity contribution is 5.77. The average Bonchev–Trinajstić information content (AvgIpc) is 0.690. The Labute approximate surface area is 590 Å². The van der Waals surface area contributed by atoms with Gasteiger partial charge in [0.2, 0.25) is 0 Å². The molecule has 15 atom stereocenters. The van der Waals surface area contributed by atoms with Gasteiger partial charge >= 0.3 is 17.9 Å². The number of rotatable bonds is 21. The third-order valence-electron chi connectivity index (χ3n) is 16.0. The lowest BCUT2D eigenvalue weighted by molar-refractivity contribution is -0.161. The maximum absolute atomic E-state index is 13.1. The first-order valence-corrected chi connectivity index (χ1v) is 29.6. The van der Waals surface area contributed by atoms with E-state index >= 15 is 0 Å². The Morgan fingerprint density at radius 1 is 0.478 bits per heavy atom. The van der Waals surface area contributed by atoms with Crippen molar-refractivity contribution in [2.75, 3.05) is 81.7 Å². The standard InChI is InChI=1S/3C24H38N2O4/c3*1-14(2)9-17-13-26-8-7-16-10-21(28-5)22(29-6)11-18(16)19(26)12-20(17)30-24(27)23(25)15(3)4/h3*10-11,14-15,17,19-20,23H,7-9,12-13,25H2,1-6H3/t3*17?,19?,20?,23-/m000/s1/i1D3,5D3,7D2,8D2,9D2,14D,19D;2*1D3,7D2,8D2,9D2,14D,19D/t3*14?,17?,19?,20?,23-. The van der Waals surface area contributed by atoms with Crippen molar-refractivity contribution in [3.63, 3.8) is 0 Å². The molecule has 18 nitrogen and oxygen atoms in total. The van der Waals surface area contributed by atoms with Crippen LogP contribution in [-0.4, -0.2) is 151 Å². The van der Waals surface area contributed by atoms with Crippen LogP contribution >= 0.6 is 0 Å². The fourth-order valence-corrected chi connectivity index (χ4v) is 10.8. The predicted molar refractivity (Wildman–Crippen MR) is 353 cm³/mol. The van der Waals surface area contributed by atoms with E-state index in [4.69, 9.17) is 105 Å². The van der Waals surface area contributed by atoms with Gasteiger partial charge in [0.25, 0.3) is 0 Å². The molecule has 3 aromatic carbocycles. The lowest BCUT2D eigenvalue weighted by Crippen LogP contribution is -2.51. The van der Waals surface area contributed by atoms with Crippen LogP contribution in [0.25, 0.3) is 0 Å². The number of fused-ring (bicyclic) bond motifs is 9. The van der Waals surface area contributed by atoms with E-state index in [2.05, 4.69) is 0 Å². The maximum Gasteiger partial charge on any atom is 0.323 e. The zero-order valence-corrected chi connectivity index (χ0v) is 53.6. The molecule has 18 heteroatoms. The van der Waals surface area contributed by atoms with Crippen LogP contribution in [0, 0.1) is 53.2 Å². The van der Waals surface area contributed by atoms with Crippen LogP contribution in [0.1, 0.15) is 222 Å². The lowest BCUT2D eigenvalue weighted by Gasteiger charge is -2.47. The molecule has 504 valence electrons. The third kappa shape index (κ3) is 17.5. The molecule has 6 N–H and O–H groups in total. The Hall–Kier alpha value is -5.37. The Morgan fingerprint density at radius 2 is 0.733 bits per heavy atom. The molecule has 6 heterocycles. The number of ether oxygens (including phenoxy) is 9. The smallest absolute Gasteiger partial charge is 0.323 e. The Balaban J connectivity index is 0.000000260. The second kappa shape index (κ2) is 32.5. The van der Waals surface area contributed by atoms with Crippen molar-refractivity contribution in [2.45, 2.75) is 195 Å². The van der Waals surface area contributed by atoms with Crippen molar-refractivity contribution in [3.05, 3.63) is 69.8 Å². The number of carbonyl (C=O) groups excluding carboxylic acids is 3. The minimum Gasteiger partial charge on any atom is -0.493 e. The van der Waals surface area contributed by atoms with Crippen LogP contribution in [0.15, 0.2) is 36.4 Å². The zero-order chi connectivity index (χ0) is 97.7. The molecule has 9 rings (SSSR count). The van der Waals surface area contributed by atoms with E-state index in [-0.39, 0.29) is 68.4 Å². The molecule has 0 saturated carbocycles. The van der Waals surface area contributed by atoms with Crippen molar-refractivity contribution in [3.8, 4) is 34.5 Å². The van der Waals surface area contributed by atoms with Crippen LogP contribution in [0.3, 0.4) is 0 Å². The predicted octanol–water partition coefficient (Wildman–Crippen LogP) is 10.7. The molecule has 90 heavy (non-hydrogen) atoms. The molecule has 0 amide bonds. The third-order valence-corrected chi connectivity index (χ3v) is 16.0. The van der Waals surface area contributed by atoms with Gasteiger partial charge in [0.1, 0.15) is 36.4 Å². The molecule has 0 spiro atoms. The summed E-state index contributed by atoms with van der Waals surface area (Å²) in [4.78, 5) is 41.5. The van der Waals surface area contributed by atoms with Gasteiger partial charge in [0.05, 0.1) is 50.8 Å². The number of methoxy groups -OCH3 is 6. The molecule has 6 aliphatic heterocycles. The van der Waals surface area contributed by atoms with Crippen molar-refractivity contribution < 1.29 is 106 Å². The number of esters is 3. The molecule has 0 aromatic heterocycles. The van der Waals surface area contributed by atoms with Crippen LogP contribution in [0.5, 0.6) is 34.5 Å². The van der Waals surface area contributed by atoms with E-state index in [1.54, 1.807) is 41.5 Å². The summed E-state index contributed by atoms with van der Waals surface area (Å²) in [7, 11) is 3.50. The second-order valence-corrected chi connectivity index (χ2v) is 23.5. The van der Waals surface area contributed by atoms with Crippen molar-refractivity contribution in [1.82, 2.24) is 14.7 Å². The molecule has 0 aliphatic carbocycles. The number of piperidine rings is 3. The van der Waals surface area contributed by atoms with Gasteiger partial charge in [-0.1, -0.05) is 82.9 Å². The first-order chi connectivity index (χ1) is 56.4.